The van der Waals surface area contributed by atoms with Crippen molar-refractivity contribution in [2.75, 3.05) is 5.32 Å². The van der Waals surface area contributed by atoms with E-state index in [9.17, 15) is 9.59 Å². The molecule has 1 aromatic carbocycles. The number of pyridine rings is 1. The van der Waals surface area contributed by atoms with Crippen molar-refractivity contribution in [2.24, 2.45) is 0 Å². The predicted molar refractivity (Wildman–Crippen MR) is 116 cm³/mol. The quantitative estimate of drug-likeness (QED) is 0.652. The Bertz CT molecular complexity index is 1040. The lowest BCUT2D eigenvalue weighted by molar-refractivity contribution is -0.116. The fourth-order valence-corrected chi connectivity index (χ4v) is 4.27. The van der Waals surface area contributed by atoms with Gasteiger partial charge in [-0.2, -0.15) is 0 Å². The van der Waals surface area contributed by atoms with Crippen LogP contribution < -0.4 is 10.6 Å². The average Bonchev–Trinajstić information content (AvgIpc) is 2.69. The summed E-state index contributed by atoms with van der Waals surface area (Å²) in [4.78, 5) is 30.4. The number of anilines is 1. The molecule has 1 unspecified atom stereocenters. The second-order valence-electron chi connectivity index (χ2n) is 7.13. The van der Waals surface area contributed by atoms with Gasteiger partial charge in [0.2, 0.25) is 0 Å². The van der Waals surface area contributed by atoms with Gasteiger partial charge in [-0.05, 0) is 65.5 Å². The summed E-state index contributed by atoms with van der Waals surface area (Å²) in [5.41, 5.74) is 3.72. The van der Waals surface area contributed by atoms with E-state index in [1.807, 2.05) is 25.1 Å². The van der Waals surface area contributed by atoms with Crippen molar-refractivity contribution in [3.8, 4) is 0 Å². The Morgan fingerprint density at radius 1 is 1.21 bits per heavy atom. The number of halogens is 2. The number of allylic oxidation sites excluding steroid dienone is 3. The lowest BCUT2D eigenvalue weighted by atomic mass is 9.75. The highest BCUT2D eigenvalue weighted by atomic mass is 79.9. The predicted octanol–water partition coefficient (Wildman–Crippen LogP) is 5.10. The molecular formula is C22H19BrClN3O2. The van der Waals surface area contributed by atoms with Crippen LogP contribution in [0.3, 0.4) is 0 Å². The Labute approximate surface area is 182 Å². The molecule has 1 aliphatic carbocycles. The number of dihydropyridines is 1. The number of rotatable bonds is 3. The highest BCUT2D eigenvalue weighted by molar-refractivity contribution is 9.10. The van der Waals surface area contributed by atoms with Gasteiger partial charge in [-0.1, -0.05) is 23.7 Å². The van der Waals surface area contributed by atoms with Crippen molar-refractivity contribution in [3.05, 3.63) is 80.2 Å². The van der Waals surface area contributed by atoms with Crippen LogP contribution in [0.2, 0.25) is 5.02 Å². The highest BCUT2D eigenvalue weighted by Gasteiger charge is 2.38. The average molecular weight is 473 g/mol. The Morgan fingerprint density at radius 2 is 1.97 bits per heavy atom. The number of nitrogens with zero attached hydrogens (tertiary/aromatic N) is 1. The van der Waals surface area contributed by atoms with Crippen LogP contribution in [-0.4, -0.2) is 16.7 Å². The first kappa shape index (κ1) is 19.9. The maximum atomic E-state index is 13.3. The molecule has 7 heteroatoms. The third kappa shape index (κ3) is 4.00. The summed E-state index contributed by atoms with van der Waals surface area (Å²) in [6, 6.07) is 10.9. The van der Waals surface area contributed by atoms with Crippen LogP contribution in [0.1, 0.15) is 37.7 Å². The standard InChI is InChI=1S/C22H19BrClN3O2/c1-12-19(22(29)27-18-10-7-14(23)11-25-18)20(13-5-8-15(24)9-6-13)21-16(26-12)3-2-4-17(21)28/h5-11,20,26H,2-4H2,1H3,(H,25,27,29). The number of hydrogen-bond acceptors (Lipinski definition) is 4. The van der Waals surface area contributed by atoms with Gasteiger partial charge in [-0.15, -0.1) is 0 Å². The summed E-state index contributed by atoms with van der Waals surface area (Å²) in [6.45, 7) is 1.87. The molecule has 0 saturated heterocycles. The van der Waals surface area contributed by atoms with E-state index in [0.717, 1.165) is 34.3 Å². The summed E-state index contributed by atoms with van der Waals surface area (Å²) < 4.78 is 0.826. The van der Waals surface area contributed by atoms with Crippen LogP contribution in [-0.2, 0) is 9.59 Å². The summed E-state index contributed by atoms with van der Waals surface area (Å²) >= 11 is 9.41. The number of amides is 1. The van der Waals surface area contributed by atoms with Gasteiger partial charge in [0.1, 0.15) is 5.82 Å². The Balaban J connectivity index is 1.77. The molecule has 2 N–H and O–H groups in total. The number of Topliss-reactive ketones (excluding diaryl/α,β-unsaturated/α-hetero) is 1. The monoisotopic (exact) mass is 471 g/mol. The molecule has 29 heavy (non-hydrogen) atoms. The highest BCUT2D eigenvalue weighted by Crippen LogP contribution is 2.42. The first-order valence-corrected chi connectivity index (χ1v) is 10.5. The zero-order valence-electron chi connectivity index (χ0n) is 15.8. The third-order valence-corrected chi connectivity index (χ3v) is 5.91. The van der Waals surface area contributed by atoms with E-state index in [4.69, 9.17) is 11.6 Å². The summed E-state index contributed by atoms with van der Waals surface area (Å²) in [7, 11) is 0. The fraction of sp³-hybridized carbons (Fsp3) is 0.227. The van der Waals surface area contributed by atoms with Crippen molar-refractivity contribution in [3.63, 3.8) is 0 Å². The molecule has 4 rings (SSSR count). The maximum Gasteiger partial charge on any atom is 0.255 e. The molecule has 1 aliphatic heterocycles. The van der Waals surface area contributed by atoms with Crippen molar-refractivity contribution in [1.82, 2.24) is 10.3 Å². The lowest BCUT2D eigenvalue weighted by Gasteiger charge is -2.34. The van der Waals surface area contributed by atoms with Crippen molar-refractivity contribution in [1.29, 1.82) is 0 Å². The van der Waals surface area contributed by atoms with Gasteiger partial charge in [0, 0.05) is 50.6 Å². The molecule has 1 atom stereocenters. The number of nitrogens with one attached hydrogen (secondary N) is 2. The molecule has 0 fully saturated rings. The van der Waals surface area contributed by atoms with Gasteiger partial charge in [0.25, 0.3) is 5.91 Å². The first-order chi connectivity index (χ1) is 13.9. The molecule has 148 valence electrons. The van der Waals surface area contributed by atoms with E-state index in [1.54, 1.807) is 24.4 Å². The van der Waals surface area contributed by atoms with E-state index >= 15 is 0 Å². The molecule has 0 bridgehead atoms. The second-order valence-corrected chi connectivity index (χ2v) is 8.49. The van der Waals surface area contributed by atoms with Gasteiger partial charge in [0.15, 0.2) is 5.78 Å². The minimum absolute atomic E-state index is 0.0817. The SMILES string of the molecule is CC1=C(C(=O)Nc2ccc(Br)cn2)C(c2ccc(Cl)cc2)C2=C(CCCC2=O)N1. The van der Waals surface area contributed by atoms with Gasteiger partial charge >= 0.3 is 0 Å². The van der Waals surface area contributed by atoms with Crippen molar-refractivity contribution < 1.29 is 9.59 Å². The van der Waals surface area contributed by atoms with Crippen LogP contribution in [0.15, 0.2) is 69.6 Å². The number of carbonyl (C=O) groups is 2. The lowest BCUT2D eigenvalue weighted by Crippen LogP contribution is -2.35. The zero-order valence-corrected chi connectivity index (χ0v) is 18.1. The zero-order chi connectivity index (χ0) is 20.5. The van der Waals surface area contributed by atoms with E-state index in [0.29, 0.717) is 28.4 Å². The minimum atomic E-state index is -0.438. The fourth-order valence-electron chi connectivity index (χ4n) is 3.91. The van der Waals surface area contributed by atoms with Crippen molar-refractivity contribution in [2.45, 2.75) is 32.1 Å². The van der Waals surface area contributed by atoms with Crippen molar-refractivity contribution >= 4 is 45.0 Å². The van der Waals surface area contributed by atoms with Crippen LogP contribution >= 0.6 is 27.5 Å². The molecule has 0 saturated carbocycles. The van der Waals surface area contributed by atoms with Gasteiger partial charge in [-0.25, -0.2) is 4.98 Å². The number of ketones is 1. The molecule has 2 aliphatic rings. The van der Waals surface area contributed by atoms with Gasteiger partial charge < -0.3 is 10.6 Å². The molecule has 2 heterocycles. The Hall–Kier alpha value is -2.44. The van der Waals surface area contributed by atoms with E-state index in [2.05, 4.69) is 31.5 Å². The second kappa shape index (κ2) is 8.13. The number of carbonyl (C=O) groups excluding carboxylic acids is 2. The molecule has 1 amide bonds. The number of benzene rings is 1. The van der Waals surface area contributed by atoms with E-state index < -0.39 is 5.92 Å². The molecule has 1 aromatic heterocycles. The molecule has 0 spiro atoms. The van der Waals surface area contributed by atoms with Gasteiger partial charge in [-0.3, -0.25) is 9.59 Å². The molecular weight excluding hydrogens is 454 g/mol. The van der Waals surface area contributed by atoms with Crippen LogP contribution in [0, 0.1) is 0 Å². The summed E-state index contributed by atoms with van der Waals surface area (Å²) in [6.07, 6.45) is 3.73. The minimum Gasteiger partial charge on any atom is -0.362 e. The molecule has 0 radical (unpaired) electrons. The summed E-state index contributed by atoms with van der Waals surface area (Å²) in [5.74, 6) is -0.192. The molecule has 2 aromatic rings. The van der Waals surface area contributed by atoms with E-state index in [1.165, 1.54) is 0 Å². The molecule has 5 nitrogen and oxygen atoms in total. The maximum absolute atomic E-state index is 13.3. The number of hydrogen-bond donors (Lipinski definition) is 2. The Morgan fingerprint density at radius 3 is 2.66 bits per heavy atom. The summed E-state index contributed by atoms with van der Waals surface area (Å²) in [5, 5.41) is 6.78. The van der Waals surface area contributed by atoms with Crippen LogP contribution in [0.25, 0.3) is 0 Å². The third-order valence-electron chi connectivity index (χ3n) is 5.19. The van der Waals surface area contributed by atoms with E-state index in [-0.39, 0.29) is 11.7 Å². The normalized spacial score (nSPS) is 19.0. The largest absolute Gasteiger partial charge is 0.362 e. The Kier molecular flexibility index (Phi) is 5.56. The smallest absolute Gasteiger partial charge is 0.255 e. The van der Waals surface area contributed by atoms with Crippen LogP contribution in [0.4, 0.5) is 5.82 Å². The number of aromatic nitrogens is 1. The van der Waals surface area contributed by atoms with Crippen LogP contribution in [0.5, 0.6) is 0 Å². The van der Waals surface area contributed by atoms with Gasteiger partial charge in [0.05, 0.1) is 0 Å². The topological polar surface area (TPSA) is 71.1 Å². The first-order valence-electron chi connectivity index (χ1n) is 9.36.